The van der Waals surface area contributed by atoms with Crippen molar-refractivity contribution in [3.05, 3.63) is 28.8 Å². The summed E-state index contributed by atoms with van der Waals surface area (Å²) in [6.45, 7) is 2.01. The number of rotatable bonds is 3. The lowest BCUT2D eigenvalue weighted by Crippen LogP contribution is -2.29. The van der Waals surface area contributed by atoms with E-state index < -0.39 is 12.0 Å². The summed E-state index contributed by atoms with van der Waals surface area (Å²) in [4.78, 5) is 13.1. The van der Waals surface area contributed by atoms with Crippen molar-refractivity contribution in [3.63, 3.8) is 0 Å². The van der Waals surface area contributed by atoms with Crippen molar-refractivity contribution in [3.8, 4) is 0 Å². The fourth-order valence-corrected chi connectivity index (χ4v) is 2.56. The minimum Gasteiger partial charge on any atom is -0.480 e. The van der Waals surface area contributed by atoms with E-state index in [0.717, 1.165) is 18.8 Å². The van der Waals surface area contributed by atoms with Gasteiger partial charge in [-0.25, -0.2) is 0 Å². The minimum absolute atomic E-state index is 0.535. The van der Waals surface area contributed by atoms with E-state index in [-0.39, 0.29) is 0 Å². The molecule has 0 saturated carbocycles. The highest BCUT2D eigenvalue weighted by atomic mass is 35.5. The minimum atomic E-state index is -1.04. The van der Waals surface area contributed by atoms with Crippen LogP contribution in [0.25, 0.3) is 0 Å². The largest absolute Gasteiger partial charge is 0.480 e. The third-order valence-corrected chi connectivity index (χ3v) is 3.60. The van der Waals surface area contributed by atoms with Gasteiger partial charge in [-0.1, -0.05) is 17.7 Å². The van der Waals surface area contributed by atoms with Crippen molar-refractivity contribution >= 4 is 23.3 Å². The van der Waals surface area contributed by atoms with Crippen LogP contribution in [0.15, 0.2) is 18.2 Å². The molecule has 1 aliphatic heterocycles. The molecule has 2 rings (SSSR count). The lowest BCUT2D eigenvalue weighted by molar-refractivity contribution is -0.138. The highest BCUT2D eigenvalue weighted by molar-refractivity contribution is 6.33. The highest BCUT2D eigenvalue weighted by Crippen LogP contribution is 2.30. The normalized spacial score (nSPS) is 17.6. The monoisotopic (exact) mass is 268 g/mol. The molecule has 1 aliphatic rings. The van der Waals surface area contributed by atoms with Gasteiger partial charge in [0.25, 0.3) is 0 Å². The molecule has 0 bridgehead atoms. The molecule has 1 saturated heterocycles. The number of carboxylic acid groups (broad SMARTS) is 1. The van der Waals surface area contributed by atoms with Gasteiger partial charge in [-0.15, -0.1) is 0 Å². The molecule has 0 aliphatic carbocycles. The molecule has 1 aromatic carbocycles. The summed E-state index contributed by atoms with van der Waals surface area (Å²) in [7, 11) is 0. The molecule has 0 aromatic heterocycles. The smallest absolute Gasteiger partial charge is 0.325 e. The maximum absolute atomic E-state index is 10.8. The molecule has 1 aromatic rings. The summed E-state index contributed by atoms with van der Waals surface area (Å²) < 4.78 is 0. The van der Waals surface area contributed by atoms with Gasteiger partial charge in [-0.05, 0) is 37.0 Å². The second kappa shape index (κ2) is 5.59. The summed E-state index contributed by atoms with van der Waals surface area (Å²) in [6.07, 6.45) is 3.61. The molecule has 1 heterocycles. The number of hydrogen-bond donors (Lipinski definition) is 2. The predicted octanol–water partition coefficient (Wildman–Crippen LogP) is 2.41. The molecule has 0 amide bonds. The van der Waals surface area contributed by atoms with Crippen LogP contribution in [0.4, 0.5) is 5.69 Å². The van der Waals surface area contributed by atoms with Crippen molar-refractivity contribution in [2.45, 2.75) is 25.3 Å². The lowest BCUT2D eigenvalue weighted by atomic mass is 10.1. The number of piperidine rings is 1. The SMILES string of the molecule is N[C@H](C(=O)O)c1ccc(N2CCCCC2)c(Cl)c1. The van der Waals surface area contributed by atoms with E-state index in [0.29, 0.717) is 10.6 Å². The van der Waals surface area contributed by atoms with Crippen molar-refractivity contribution in [1.82, 2.24) is 0 Å². The van der Waals surface area contributed by atoms with Gasteiger partial charge in [0.1, 0.15) is 6.04 Å². The summed E-state index contributed by atoms with van der Waals surface area (Å²) in [5.41, 5.74) is 7.07. The topological polar surface area (TPSA) is 66.6 Å². The van der Waals surface area contributed by atoms with E-state index in [1.165, 1.54) is 19.3 Å². The zero-order valence-electron chi connectivity index (χ0n) is 10.1. The number of nitrogens with zero attached hydrogens (tertiary/aromatic N) is 1. The third-order valence-electron chi connectivity index (χ3n) is 3.29. The van der Waals surface area contributed by atoms with Gasteiger partial charge in [-0.2, -0.15) is 0 Å². The van der Waals surface area contributed by atoms with Crippen LogP contribution < -0.4 is 10.6 Å². The Morgan fingerprint density at radius 2 is 2.00 bits per heavy atom. The van der Waals surface area contributed by atoms with Gasteiger partial charge in [0, 0.05) is 13.1 Å². The Bertz CT molecular complexity index is 445. The van der Waals surface area contributed by atoms with Crippen LogP contribution in [0.2, 0.25) is 5.02 Å². The summed E-state index contributed by atoms with van der Waals surface area (Å²) >= 11 is 6.22. The van der Waals surface area contributed by atoms with E-state index in [1.54, 1.807) is 12.1 Å². The molecule has 0 unspecified atom stereocenters. The zero-order chi connectivity index (χ0) is 13.1. The number of halogens is 1. The number of anilines is 1. The first-order valence-electron chi connectivity index (χ1n) is 6.12. The molecule has 1 fully saturated rings. The van der Waals surface area contributed by atoms with Gasteiger partial charge < -0.3 is 15.7 Å². The first-order chi connectivity index (χ1) is 8.59. The van der Waals surface area contributed by atoms with Crippen LogP contribution in [0.5, 0.6) is 0 Å². The summed E-state index contributed by atoms with van der Waals surface area (Å²) in [5.74, 6) is -1.04. The molecule has 4 nitrogen and oxygen atoms in total. The van der Waals surface area contributed by atoms with Crippen molar-refractivity contribution < 1.29 is 9.90 Å². The van der Waals surface area contributed by atoms with Gasteiger partial charge in [0.15, 0.2) is 0 Å². The average Bonchev–Trinajstić information content (AvgIpc) is 2.38. The van der Waals surface area contributed by atoms with Crippen LogP contribution >= 0.6 is 11.6 Å². The second-order valence-corrected chi connectivity index (χ2v) is 4.98. The molecular formula is C13H17ClN2O2. The second-order valence-electron chi connectivity index (χ2n) is 4.57. The first-order valence-corrected chi connectivity index (χ1v) is 6.50. The molecule has 3 N–H and O–H groups in total. The Morgan fingerprint density at radius 1 is 1.33 bits per heavy atom. The highest BCUT2D eigenvalue weighted by Gasteiger charge is 2.18. The molecule has 5 heteroatoms. The van der Waals surface area contributed by atoms with Crippen molar-refractivity contribution in [1.29, 1.82) is 0 Å². The van der Waals surface area contributed by atoms with Crippen LogP contribution in [0.1, 0.15) is 30.9 Å². The van der Waals surface area contributed by atoms with E-state index in [2.05, 4.69) is 4.90 Å². The number of hydrogen-bond acceptors (Lipinski definition) is 3. The van der Waals surface area contributed by atoms with Crippen LogP contribution in [0.3, 0.4) is 0 Å². The number of nitrogens with two attached hydrogens (primary N) is 1. The fraction of sp³-hybridized carbons (Fsp3) is 0.462. The van der Waals surface area contributed by atoms with E-state index in [9.17, 15) is 4.79 Å². The molecule has 1 atom stereocenters. The van der Waals surface area contributed by atoms with E-state index in [4.69, 9.17) is 22.4 Å². The van der Waals surface area contributed by atoms with Crippen molar-refractivity contribution in [2.75, 3.05) is 18.0 Å². The molecular weight excluding hydrogens is 252 g/mol. The zero-order valence-corrected chi connectivity index (χ0v) is 10.9. The molecule has 98 valence electrons. The fourth-order valence-electron chi connectivity index (χ4n) is 2.25. The Kier molecular flexibility index (Phi) is 4.09. The first kappa shape index (κ1) is 13.2. The molecule has 18 heavy (non-hydrogen) atoms. The lowest BCUT2D eigenvalue weighted by Gasteiger charge is -2.29. The van der Waals surface area contributed by atoms with Gasteiger partial charge in [0.2, 0.25) is 0 Å². The predicted molar refractivity (Wildman–Crippen MR) is 72.1 cm³/mol. The van der Waals surface area contributed by atoms with Crippen LogP contribution in [-0.4, -0.2) is 24.2 Å². The Labute approximate surface area is 111 Å². The van der Waals surface area contributed by atoms with E-state index in [1.807, 2.05) is 6.07 Å². The quantitative estimate of drug-likeness (QED) is 0.884. The van der Waals surface area contributed by atoms with Crippen molar-refractivity contribution in [2.24, 2.45) is 5.73 Å². The Balaban J connectivity index is 2.21. The Morgan fingerprint density at radius 3 is 2.56 bits per heavy atom. The number of carbonyl (C=O) groups is 1. The number of carboxylic acids is 1. The maximum atomic E-state index is 10.8. The van der Waals surface area contributed by atoms with Crippen LogP contribution in [0, 0.1) is 0 Å². The third kappa shape index (κ3) is 2.76. The molecule has 0 radical (unpaired) electrons. The average molecular weight is 269 g/mol. The maximum Gasteiger partial charge on any atom is 0.325 e. The van der Waals surface area contributed by atoms with Gasteiger partial charge in [-0.3, -0.25) is 4.79 Å². The van der Waals surface area contributed by atoms with Crippen LogP contribution in [-0.2, 0) is 4.79 Å². The Hall–Kier alpha value is -1.26. The van der Waals surface area contributed by atoms with E-state index >= 15 is 0 Å². The summed E-state index contributed by atoms with van der Waals surface area (Å²) in [5, 5.41) is 9.44. The molecule has 0 spiro atoms. The van der Waals surface area contributed by atoms with Gasteiger partial charge >= 0.3 is 5.97 Å². The summed E-state index contributed by atoms with van der Waals surface area (Å²) in [6, 6.07) is 4.25. The van der Waals surface area contributed by atoms with Gasteiger partial charge in [0.05, 0.1) is 10.7 Å². The standard InChI is InChI=1S/C13H17ClN2O2/c14-10-8-9(12(15)13(17)18)4-5-11(10)16-6-2-1-3-7-16/h4-5,8,12H,1-3,6-7,15H2,(H,17,18)/t12-/m0/s1. The number of aliphatic carboxylic acids is 1. The number of benzene rings is 1.